The molecule has 3 aromatic rings. The van der Waals surface area contributed by atoms with Gasteiger partial charge in [0.1, 0.15) is 42.4 Å². The second-order valence-corrected chi connectivity index (χ2v) is 16.6. The average Bonchev–Trinajstić information content (AvgIpc) is 3.82. The summed E-state index contributed by atoms with van der Waals surface area (Å²) in [6, 6.07) is 10.2. The third-order valence-electron chi connectivity index (χ3n) is 9.74. The molecule has 1 saturated heterocycles. The maximum absolute atomic E-state index is 14.5. The molecule has 0 unspecified atom stereocenters. The second-order valence-electron chi connectivity index (χ2n) is 16.6. The minimum atomic E-state index is -1.53. The highest BCUT2D eigenvalue weighted by Gasteiger charge is 2.41. The Bertz CT molecular complexity index is 1960. The summed E-state index contributed by atoms with van der Waals surface area (Å²) < 4.78 is 11.0. The summed E-state index contributed by atoms with van der Waals surface area (Å²) in [6.07, 6.45) is 1.04. The largest absolute Gasteiger partial charge is 0.480 e. The zero-order valence-electron chi connectivity index (χ0n) is 34.8. The van der Waals surface area contributed by atoms with Crippen LogP contribution in [0.2, 0.25) is 0 Å². The molecule has 0 radical (unpaired) electrons. The molecular formula is C43H58N6O10. The van der Waals surface area contributed by atoms with Gasteiger partial charge in [-0.05, 0) is 69.1 Å². The van der Waals surface area contributed by atoms with Gasteiger partial charge in [-0.2, -0.15) is 0 Å². The quantitative estimate of drug-likeness (QED) is 0.101. The van der Waals surface area contributed by atoms with Gasteiger partial charge >= 0.3 is 18.0 Å². The van der Waals surface area contributed by atoms with Gasteiger partial charge in [-0.3, -0.25) is 24.0 Å². The Hall–Kier alpha value is -5.93. The van der Waals surface area contributed by atoms with Gasteiger partial charge in [0.2, 0.25) is 23.6 Å². The minimum absolute atomic E-state index is 0.0121. The van der Waals surface area contributed by atoms with Crippen LogP contribution in [0.1, 0.15) is 85.3 Å². The van der Waals surface area contributed by atoms with Gasteiger partial charge in [-0.25, -0.2) is 9.59 Å². The standard InChI is InChI=1S/C43H58N6O10/c1-25(2)20-33(41(55)56)46-39(53)36(26(3)4)48-38(52)34-18-13-19-49(34)40(54)32(22-35(50)58-24-27-14-9-8-10-15-27)45-37(51)31(47-42(57)59-43(5,6)7)21-28-23-44-30-17-12-11-16-29(28)30/h8-12,14-17,23,25-26,31-34,36,44H,13,18-22,24H2,1-7H3,(H,45,51)(H,46,53)(H,47,57)(H,48,52)(H,55,56)/t31-,32-,33+,34+,36-/m1/s1. The van der Waals surface area contributed by atoms with Gasteiger partial charge in [0.25, 0.3) is 0 Å². The number of esters is 1. The van der Waals surface area contributed by atoms with Crippen LogP contribution in [0.3, 0.4) is 0 Å². The van der Waals surface area contributed by atoms with Crippen LogP contribution in [-0.4, -0.2) is 99.0 Å². The lowest BCUT2D eigenvalue weighted by molar-refractivity contribution is -0.150. The normalized spacial score (nSPS) is 16.2. The third-order valence-corrected chi connectivity index (χ3v) is 9.74. The molecule has 1 aromatic heterocycles. The van der Waals surface area contributed by atoms with Gasteiger partial charge in [0.05, 0.1) is 6.42 Å². The van der Waals surface area contributed by atoms with Crippen molar-refractivity contribution in [2.24, 2.45) is 11.8 Å². The summed E-state index contributed by atoms with van der Waals surface area (Å²) in [5.41, 5.74) is 1.31. The zero-order chi connectivity index (χ0) is 43.4. The van der Waals surface area contributed by atoms with E-state index in [-0.39, 0.29) is 38.3 Å². The number of para-hydroxylation sites is 1. The molecule has 0 spiro atoms. The first-order chi connectivity index (χ1) is 27.8. The molecule has 0 aliphatic carbocycles. The summed E-state index contributed by atoms with van der Waals surface area (Å²) in [5.74, 6) is -5.34. The molecule has 0 bridgehead atoms. The number of carboxylic acid groups (broad SMARTS) is 1. The van der Waals surface area contributed by atoms with Crippen LogP contribution < -0.4 is 21.3 Å². The number of nitrogens with zero attached hydrogens (tertiary/aromatic N) is 1. The molecule has 5 atom stereocenters. The van der Waals surface area contributed by atoms with E-state index < -0.39 is 89.8 Å². The van der Waals surface area contributed by atoms with Gasteiger partial charge < -0.3 is 45.7 Å². The number of carboxylic acids is 1. The van der Waals surface area contributed by atoms with E-state index in [4.69, 9.17) is 9.47 Å². The monoisotopic (exact) mass is 818 g/mol. The van der Waals surface area contributed by atoms with Crippen molar-refractivity contribution in [1.29, 1.82) is 0 Å². The fourth-order valence-corrected chi connectivity index (χ4v) is 6.86. The molecule has 4 rings (SSSR count). The van der Waals surface area contributed by atoms with Crippen LogP contribution in [-0.2, 0) is 51.3 Å². The number of carbonyl (C=O) groups is 7. The van der Waals surface area contributed by atoms with Gasteiger partial charge in [-0.1, -0.05) is 76.2 Å². The van der Waals surface area contributed by atoms with E-state index in [1.54, 1.807) is 65.1 Å². The van der Waals surface area contributed by atoms with Crippen molar-refractivity contribution >= 4 is 52.6 Å². The maximum Gasteiger partial charge on any atom is 0.408 e. The number of fused-ring (bicyclic) bond motifs is 1. The van der Waals surface area contributed by atoms with E-state index in [1.165, 1.54) is 4.90 Å². The molecular weight excluding hydrogens is 761 g/mol. The number of hydrogen-bond donors (Lipinski definition) is 6. The number of nitrogens with one attached hydrogen (secondary N) is 5. The number of ether oxygens (including phenoxy) is 2. The van der Waals surface area contributed by atoms with Crippen molar-refractivity contribution in [2.75, 3.05) is 6.54 Å². The molecule has 0 saturated carbocycles. The number of H-pyrrole nitrogens is 1. The molecule has 16 nitrogen and oxygen atoms in total. The molecule has 1 fully saturated rings. The van der Waals surface area contributed by atoms with E-state index in [1.807, 2.05) is 44.2 Å². The number of aliphatic carboxylic acids is 1. The number of carbonyl (C=O) groups excluding carboxylic acids is 6. The van der Waals surface area contributed by atoms with E-state index >= 15 is 0 Å². The lowest BCUT2D eigenvalue weighted by Gasteiger charge is -2.31. The van der Waals surface area contributed by atoms with Crippen molar-refractivity contribution in [3.63, 3.8) is 0 Å². The summed E-state index contributed by atoms with van der Waals surface area (Å²) >= 11 is 0. The highest BCUT2D eigenvalue weighted by Crippen LogP contribution is 2.22. The van der Waals surface area contributed by atoms with E-state index in [0.717, 1.165) is 10.9 Å². The number of aromatic nitrogens is 1. The Labute approximate surface area is 344 Å². The first kappa shape index (κ1) is 45.8. The second kappa shape index (κ2) is 20.7. The van der Waals surface area contributed by atoms with Crippen LogP contribution in [0.4, 0.5) is 4.79 Å². The van der Waals surface area contributed by atoms with E-state index in [9.17, 15) is 38.7 Å². The highest BCUT2D eigenvalue weighted by molar-refractivity contribution is 5.98. The lowest BCUT2D eigenvalue weighted by Crippen LogP contribution is -2.59. The fourth-order valence-electron chi connectivity index (χ4n) is 6.86. The third kappa shape index (κ3) is 13.6. The molecule has 1 aliphatic heterocycles. The number of amides is 5. The minimum Gasteiger partial charge on any atom is -0.480 e. The molecule has 5 amide bonds. The predicted molar refractivity (Wildman–Crippen MR) is 218 cm³/mol. The summed E-state index contributed by atoms with van der Waals surface area (Å²) in [4.78, 5) is 98.6. The van der Waals surface area contributed by atoms with Crippen LogP contribution in [0.25, 0.3) is 10.9 Å². The number of alkyl carbamates (subject to hydrolysis) is 1. The van der Waals surface area contributed by atoms with Crippen LogP contribution >= 0.6 is 0 Å². The van der Waals surface area contributed by atoms with Crippen LogP contribution in [0.5, 0.6) is 0 Å². The Balaban J connectivity index is 1.59. The summed E-state index contributed by atoms with van der Waals surface area (Å²) in [6.45, 7) is 12.1. The average molecular weight is 819 g/mol. The van der Waals surface area contributed by atoms with Crippen molar-refractivity contribution in [1.82, 2.24) is 31.2 Å². The molecule has 6 N–H and O–H groups in total. The highest BCUT2D eigenvalue weighted by atomic mass is 16.6. The maximum atomic E-state index is 14.5. The predicted octanol–water partition coefficient (Wildman–Crippen LogP) is 3.97. The summed E-state index contributed by atoms with van der Waals surface area (Å²) in [7, 11) is 0. The number of rotatable bonds is 18. The molecule has 320 valence electrons. The van der Waals surface area contributed by atoms with Crippen molar-refractivity contribution in [2.45, 2.75) is 123 Å². The molecule has 2 heterocycles. The van der Waals surface area contributed by atoms with E-state index in [2.05, 4.69) is 26.3 Å². The Morgan fingerprint density at radius 2 is 1.51 bits per heavy atom. The Morgan fingerprint density at radius 1 is 0.847 bits per heavy atom. The Morgan fingerprint density at radius 3 is 2.15 bits per heavy atom. The fraction of sp³-hybridized carbons (Fsp3) is 0.512. The molecule has 1 aliphatic rings. The van der Waals surface area contributed by atoms with Crippen molar-refractivity contribution < 1.29 is 48.1 Å². The number of likely N-dealkylation sites (tertiary alicyclic amines) is 1. The lowest BCUT2D eigenvalue weighted by atomic mass is 10.00. The molecule has 59 heavy (non-hydrogen) atoms. The first-order valence-corrected chi connectivity index (χ1v) is 20.0. The number of benzene rings is 2. The smallest absolute Gasteiger partial charge is 0.408 e. The SMILES string of the molecule is CC(C)C[C@H](NC(=O)[C@H](NC(=O)[C@@H]1CCCN1C(=O)[C@@H](CC(=O)OCc1ccccc1)NC(=O)[C@@H](Cc1c[nH]c2ccccc12)NC(=O)OC(C)(C)C)C(C)C)C(=O)O. The van der Waals surface area contributed by atoms with Gasteiger partial charge in [0.15, 0.2) is 0 Å². The summed E-state index contributed by atoms with van der Waals surface area (Å²) in [5, 5.41) is 21.1. The topological polar surface area (TPSA) is 225 Å². The van der Waals surface area contributed by atoms with Gasteiger partial charge in [-0.15, -0.1) is 0 Å². The van der Waals surface area contributed by atoms with Crippen LogP contribution in [0, 0.1) is 11.8 Å². The first-order valence-electron chi connectivity index (χ1n) is 20.0. The van der Waals surface area contributed by atoms with Crippen molar-refractivity contribution in [3.05, 3.63) is 71.9 Å². The van der Waals surface area contributed by atoms with Crippen molar-refractivity contribution in [3.8, 4) is 0 Å². The zero-order valence-corrected chi connectivity index (χ0v) is 34.8. The van der Waals surface area contributed by atoms with Gasteiger partial charge in [0, 0.05) is 30.1 Å². The Kier molecular flexibility index (Phi) is 16.0. The number of hydrogen-bond acceptors (Lipinski definition) is 9. The van der Waals surface area contributed by atoms with Crippen LogP contribution in [0.15, 0.2) is 60.8 Å². The molecule has 2 aromatic carbocycles. The number of aromatic amines is 1. The molecule has 16 heteroatoms. The van der Waals surface area contributed by atoms with E-state index in [0.29, 0.717) is 17.5 Å².